The highest BCUT2D eigenvalue weighted by molar-refractivity contribution is 5.84. The second kappa shape index (κ2) is 6.05. The Kier molecular flexibility index (Phi) is 4.43. The molecule has 0 bridgehead atoms. The van der Waals surface area contributed by atoms with Gasteiger partial charge in [0.15, 0.2) is 0 Å². The molecule has 0 aliphatic heterocycles. The van der Waals surface area contributed by atoms with Crippen LogP contribution in [0.3, 0.4) is 0 Å². The van der Waals surface area contributed by atoms with Crippen LogP contribution in [0, 0.1) is 0 Å². The monoisotopic (exact) mass is 244 g/mol. The summed E-state index contributed by atoms with van der Waals surface area (Å²) >= 11 is 0. The molecule has 1 heterocycles. The van der Waals surface area contributed by atoms with Gasteiger partial charge in [-0.3, -0.25) is 0 Å². The van der Waals surface area contributed by atoms with Crippen molar-refractivity contribution >= 4 is 10.9 Å². The van der Waals surface area contributed by atoms with Crippen LogP contribution >= 0.6 is 0 Å². The van der Waals surface area contributed by atoms with Crippen LogP contribution in [0.25, 0.3) is 10.9 Å². The van der Waals surface area contributed by atoms with E-state index in [2.05, 4.69) is 42.8 Å². The lowest BCUT2D eigenvalue weighted by molar-refractivity contribution is 0.648. The van der Waals surface area contributed by atoms with Crippen molar-refractivity contribution in [3.63, 3.8) is 0 Å². The number of hydrogen-bond donors (Lipinski definition) is 1. The molecule has 0 spiro atoms. The highest BCUT2D eigenvalue weighted by atomic mass is 15.0. The van der Waals surface area contributed by atoms with Gasteiger partial charge in [-0.15, -0.1) is 0 Å². The Balaban J connectivity index is 2.45. The van der Waals surface area contributed by atoms with Gasteiger partial charge in [-0.25, -0.2) is 0 Å². The number of aryl methyl sites for hydroxylation is 2. The van der Waals surface area contributed by atoms with E-state index >= 15 is 0 Å². The zero-order chi connectivity index (χ0) is 13.0. The van der Waals surface area contributed by atoms with E-state index in [0.717, 1.165) is 25.9 Å². The number of nitrogens with two attached hydrogens (primary N) is 1. The number of nitrogens with zero attached hydrogens (tertiary/aromatic N) is 1. The van der Waals surface area contributed by atoms with E-state index in [-0.39, 0.29) is 0 Å². The zero-order valence-electron chi connectivity index (χ0n) is 11.6. The molecule has 0 saturated heterocycles. The van der Waals surface area contributed by atoms with Gasteiger partial charge in [-0.05, 0) is 49.1 Å². The first-order valence-corrected chi connectivity index (χ1v) is 7.10. The maximum atomic E-state index is 5.72. The minimum atomic E-state index is 0.725. The van der Waals surface area contributed by atoms with E-state index < -0.39 is 0 Å². The fraction of sp³-hybridized carbons (Fsp3) is 0.500. The maximum Gasteiger partial charge on any atom is 0.0483 e. The first-order valence-electron chi connectivity index (χ1n) is 7.10. The van der Waals surface area contributed by atoms with E-state index in [1.54, 1.807) is 0 Å². The van der Waals surface area contributed by atoms with Crippen molar-refractivity contribution in [1.82, 2.24) is 4.57 Å². The van der Waals surface area contributed by atoms with Crippen LogP contribution in [0.2, 0.25) is 0 Å². The quantitative estimate of drug-likeness (QED) is 0.828. The van der Waals surface area contributed by atoms with Crippen LogP contribution in [-0.4, -0.2) is 11.1 Å². The van der Waals surface area contributed by atoms with Crippen molar-refractivity contribution in [3.8, 4) is 0 Å². The molecule has 2 aromatic rings. The fourth-order valence-electron chi connectivity index (χ4n) is 2.51. The molecule has 1 aromatic carbocycles. The molecule has 0 aliphatic carbocycles. The minimum absolute atomic E-state index is 0.725. The molecule has 0 unspecified atom stereocenters. The summed E-state index contributed by atoms with van der Waals surface area (Å²) in [6.07, 6.45) is 6.84. The topological polar surface area (TPSA) is 30.9 Å². The van der Waals surface area contributed by atoms with Gasteiger partial charge >= 0.3 is 0 Å². The van der Waals surface area contributed by atoms with Gasteiger partial charge < -0.3 is 10.3 Å². The van der Waals surface area contributed by atoms with Crippen LogP contribution in [-0.2, 0) is 19.4 Å². The molecule has 2 nitrogen and oxygen atoms in total. The summed E-state index contributed by atoms with van der Waals surface area (Å²) in [5, 5.41) is 1.40. The van der Waals surface area contributed by atoms with Crippen molar-refractivity contribution in [2.45, 2.75) is 46.1 Å². The van der Waals surface area contributed by atoms with Gasteiger partial charge in [0, 0.05) is 23.6 Å². The number of benzene rings is 1. The summed E-state index contributed by atoms with van der Waals surface area (Å²) in [6.45, 7) is 6.28. The lowest BCUT2D eigenvalue weighted by atomic mass is 10.1. The van der Waals surface area contributed by atoms with Crippen molar-refractivity contribution in [1.29, 1.82) is 0 Å². The summed E-state index contributed by atoms with van der Waals surface area (Å²) in [6, 6.07) is 6.85. The molecular formula is C16H24N2. The van der Waals surface area contributed by atoms with E-state index in [0.29, 0.717) is 0 Å². The highest BCUT2D eigenvalue weighted by Crippen LogP contribution is 2.24. The molecule has 0 aliphatic rings. The molecular weight excluding hydrogens is 220 g/mol. The molecule has 98 valence electrons. The van der Waals surface area contributed by atoms with Gasteiger partial charge in [0.25, 0.3) is 0 Å². The minimum Gasteiger partial charge on any atom is -0.347 e. The van der Waals surface area contributed by atoms with Gasteiger partial charge in [0.1, 0.15) is 0 Å². The molecule has 0 radical (unpaired) electrons. The van der Waals surface area contributed by atoms with Crippen molar-refractivity contribution < 1.29 is 0 Å². The highest BCUT2D eigenvalue weighted by Gasteiger charge is 2.08. The largest absolute Gasteiger partial charge is 0.347 e. The molecule has 18 heavy (non-hydrogen) atoms. The summed E-state index contributed by atoms with van der Waals surface area (Å²) in [7, 11) is 0. The summed E-state index contributed by atoms with van der Waals surface area (Å²) in [5.41, 5.74) is 9.90. The Morgan fingerprint density at radius 1 is 1.22 bits per heavy atom. The normalized spacial score (nSPS) is 11.3. The number of hydrogen-bond acceptors (Lipinski definition) is 1. The zero-order valence-corrected chi connectivity index (χ0v) is 11.6. The number of unbranched alkanes of at least 4 members (excludes halogenated alkanes) is 1. The lowest BCUT2D eigenvalue weighted by Crippen LogP contribution is -2.02. The van der Waals surface area contributed by atoms with E-state index in [9.17, 15) is 0 Å². The van der Waals surface area contributed by atoms with Crippen LogP contribution in [0.4, 0.5) is 0 Å². The second-order valence-corrected chi connectivity index (χ2v) is 4.95. The third-order valence-corrected chi connectivity index (χ3v) is 3.60. The van der Waals surface area contributed by atoms with E-state index in [1.165, 1.54) is 34.9 Å². The molecule has 1 aromatic heterocycles. The second-order valence-electron chi connectivity index (χ2n) is 4.95. The van der Waals surface area contributed by atoms with Gasteiger partial charge in [0.2, 0.25) is 0 Å². The van der Waals surface area contributed by atoms with E-state index in [4.69, 9.17) is 5.73 Å². The third-order valence-electron chi connectivity index (χ3n) is 3.60. The molecule has 2 heteroatoms. The summed E-state index contributed by atoms with van der Waals surface area (Å²) in [4.78, 5) is 0. The van der Waals surface area contributed by atoms with Crippen molar-refractivity contribution in [2.75, 3.05) is 6.54 Å². The predicted octanol–water partition coefficient (Wildman–Crippen LogP) is 3.51. The Bertz CT molecular complexity index is 511. The first-order chi connectivity index (χ1) is 8.80. The Hall–Kier alpha value is -1.28. The Labute approximate surface area is 110 Å². The van der Waals surface area contributed by atoms with Gasteiger partial charge in [-0.2, -0.15) is 0 Å². The smallest absolute Gasteiger partial charge is 0.0483 e. The average Bonchev–Trinajstić information content (AvgIpc) is 2.74. The fourth-order valence-corrected chi connectivity index (χ4v) is 2.51. The first kappa shape index (κ1) is 13.2. The standard InChI is InChI=1S/C16H24N2/c1-3-5-10-18-12-14(8-9-17)15-11-13(4-2)6-7-16(15)18/h6-7,11-12H,3-5,8-10,17H2,1-2H3. The maximum absolute atomic E-state index is 5.72. The average molecular weight is 244 g/mol. The SMILES string of the molecule is CCCCn1cc(CCN)c2cc(CC)ccc21. The lowest BCUT2D eigenvalue weighted by Gasteiger charge is -2.04. The van der Waals surface area contributed by atoms with Crippen LogP contribution in [0.1, 0.15) is 37.8 Å². The van der Waals surface area contributed by atoms with E-state index in [1.807, 2.05) is 0 Å². The molecule has 2 rings (SSSR count). The summed E-state index contributed by atoms with van der Waals surface area (Å²) < 4.78 is 2.39. The van der Waals surface area contributed by atoms with Gasteiger partial charge in [0.05, 0.1) is 0 Å². The predicted molar refractivity (Wildman–Crippen MR) is 79.0 cm³/mol. The molecule has 0 saturated carbocycles. The van der Waals surface area contributed by atoms with Gasteiger partial charge in [-0.1, -0.05) is 26.3 Å². The molecule has 0 fully saturated rings. The molecule has 0 amide bonds. The molecule has 0 atom stereocenters. The Morgan fingerprint density at radius 2 is 2.06 bits per heavy atom. The Morgan fingerprint density at radius 3 is 2.72 bits per heavy atom. The number of fused-ring (bicyclic) bond motifs is 1. The number of rotatable bonds is 6. The van der Waals surface area contributed by atoms with Crippen LogP contribution < -0.4 is 5.73 Å². The van der Waals surface area contributed by atoms with Crippen LogP contribution in [0.5, 0.6) is 0 Å². The molecule has 2 N–H and O–H groups in total. The van der Waals surface area contributed by atoms with Crippen molar-refractivity contribution in [2.24, 2.45) is 5.73 Å². The number of aromatic nitrogens is 1. The third kappa shape index (κ3) is 2.59. The van der Waals surface area contributed by atoms with Crippen LogP contribution in [0.15, 0.2) is 24.4 Å². The van der Waals surface area contributed by atoms with Crippen molar-refractivity contribution in [3.05, 3.63) is 35.5 Å². The summed E-state index contributed by atoms with van der Waals surface area (Å²) in [5.74, 6) is 0.